The molecule has 1 fully saturated rings. The Morgan fingerprint density at radius 2 is 2.17 bits per heavy atom. The zero-order valence-corrected chi connectivity index (χ0v) is 10.1. The summed E-state index contributed by atoms with van der Waals surface area (Å²) >= 11 is 0. The van der Waals surface area contributed by atoms with Gasteiger partial charge in [0.1, 0.15) is 5.82 Å². The lowest BCUT2D eigenvalue weighted by molar-refractivity contribution is 0.148. The smallest absolute Gasteiger partial charge is 0.182 e. The minimum absolute atomic E-state index is 0.0449. The molecule has 6 heteroatoms. The molecule has 0 spiro atoms. The van der Waals surface area contributed by atoms with Crippen LogP contribution in [-0.2, 0) is 5.54 Å². The predicted octanol–water partition coefficient (Wildman–Crippen LogP) is 1.96. The summed E-state index contributed by atoms with van der Waals surface area (Å²) in [5, 5.41) is 11.7. The first-order chi connectivity index (χ1) is 8.60. The monoisotopic (exact) mass is 247 g/mol. The van der Waals surface area contributed by atoms with Crippen molar-refractivity contribution in [2.75, 3.05) is 5.73 Å². The third-order valence-corrected chi connectivity index (χ3v) is 3.67. The number of nitrogen functional groups attached to an aromatic ring is 1. The van der Waals surface area contributed by atoms with Crippen molar-refractivity contribution in [3.8, 4) is 11.4 Å². The van der Waals surface area contributed by atoms with Crippen LogP contribution in [0.15, 0.2) is 18.2 Å². The average Bonchev–Trinajstić information content (AvgIpc) is 2.79. The van der Waals surface area contributed by atoms with Gasteiger partial charge in [0.15, 0.2) is 5.82 Å². The lowest BCUT2D eigenvalue weighted by atomic mass is 9.78. The molecule has 1 aromatic heterocycles. The van der Waals surface area contributed by atoms with E-state index in [1.807, 2.05) is 0 Å². The van der Waals surface area contributed by atoms with Crippen molar-refractivity contribution in [1.29, 1.82) is 0 Å². The zero-order valence-electron chi connectivity index (χ0n) is 10.1. The molecule has 0 aliphatic heterocycles. The number of nitrogens with zero attached hydrogens (tertiary/aromatic N) is 4. The second-order valence-corrected chi connectivity index (χ2v) is 5.00. The van der Waals surface area contributed by atoms with E-state index in [2.05, 4.69) is 22.4 Å². The maximum atomic E-state index is 13.5. The van der Waals surface area contributed by atoms with Gasteiger partial charge in [-0.3, -0.25) is 0 Å². The highest BCUT2D eigenvalue weighted by Crippen LogP contribution is 2.40. The predicted molar refractivity (Wildman–Crippen MR) is 65.1 cm³/mol. The van der Waals surface area contributed by atoms with Crippen LogP contribution < -0.4 is 5.73 Å². The fourth-order valence-corrected chi connectivity index (χ4v) is 2.30. The van der Waals surface area contributed by atoms with Gasteiger partial charge < -0.3 is 5.73 Å². The standard InChI is InChI=1S/C12H14FN5/c1-12(5-2-6-12)18-11(15-16-17-18)8-3-4-10(14)9(13)7-8/h3-4,7H,2,5-6,14H2,1H3. The van der Waals surface area contributed by atoms with Gasteiger partial charge in [0.05, 0.1) is 11.2 Å². The van der Waals surface area contributed by atoms with Crippen LogP contribution in [-0.4, -0.2) is 20.2 Å². The van der Waals surface area contributed by atoms with Crippen LogP contribution in [0.25, 0.3) is 11.4 Å². The zero-order chi connectivity index (χ0) is 12.8. The van der Waals surface area contributed by atoms with Gasteiger partial charge in [-0.05, 0) is 54.8 Å². The third-order valence-electron chi connectivity index (χ3n) is 3.67. The van der Waals surface area contributed by atoms with Crippen molar-refractivity contribution in [2.45, 2.75) is 31.7 Å². The van der Waals surface area contributed by atoms with E-state index in [0.29, 0.717) is 11.4 Å². The number of benzene rings is 1. The Labute approximate surface area is 104 Å². The van der Waals surface area contributed by atoms with Crippen molar-refractivity contribution < 1.29 is 4.39 Å². The third kappa shape index (κ3) is 1.56. The largest absolute Gasteiger partial charge is 0.396 e. The maximum Gasteiger partial charge on any atom is 0.182 e. The Kier molecular flexibility index (Phi) is 2.33. The summed E-state index contributed by atoms with van der Waals surface area (Å²) in [5.74, 6) is 0.150. The number of nitrogens with two attached hydrogens (primary N) is 1. The van der Waals surface area contributed by atoms with Gasteiger partial charge in [-0.2, -0.15) is 0 Å². The van der Waals surface area contributed by atoms with Gasteiger partial charge in [0.25, 0.3) is 0 Å². The molecular weight excluding hydrogens is 233 g/mol. The van der Waals surface area contributed by atoms with Crippen LogP contribution in [0, 0.1) is 5.82 Å². The Morgan fingerprint density at radius 1 is 1.39 bits per heavy atom. The summed E-state index contributed by atoms with van der Waals surface area (Å²) in [7, 11) is 0. The van der Waals surface area contributed by atoms with Crippen LogP contribution in [0.2, 0.25) is 0 Å². The molecule has 94 valence electrons. The van der Waals surface area contributed by atoms with Crippen LogP contribution in [0.3, 0.4) is 0 Å². The Bertz CT molecular complexity index is 588. The van der Waals surface area contributed by atoms with Crippen LogP contribution >= 0.6 is 0 Å². The number of tetrazole rings is 1. The molecule has 0 saturated heterocycles. The first-order valence-corrected chi connectivity index (χ1v) is 5.94. The Balaban J connectivity index is 2.07. The quantitative estimate of drug-likeness (QED) is 0.823. The first-order valence-electron chi connectivity index (χ1n) is 5.94. The molecule has 0 bridgehead atoms. The number of rotatable bonds is 2. The van der Waals surface area contributed by atoms with Crippen LogP contribution in [0.4, 0.5) is 10.1 Å². The van der Waals surface area contributed by atoms with E-state index in [1.54, 1.807) is 10.7 Å². The minimum Gasteiger partial charge on any atom is -0.396 e. The first kappa shape index (κ1) is 11.1. The van der Waals surface area contributed by atoms with Crippen molar-refractivity contribution in [2.24, 2.45) is 0 Å². The molecule has 2 aromatic rings. The Morgan fingerprint density at radius 3 is 2.78 bits per heavy atom. The molecule has 1 aliphatic rings. The lowest BCUT2D eigenvalue weighted by Gasteiger charge is -2.38. The van der Waals surface area contributed by atoms with Crippen LogP contribution in [0.5, 0.6) is 0 Å². The molecule has 3 rings (SSSR count). The molecule has 2 N–H and O–H groups in total. The highest BCUT2D eigenvalue weighted by molar-refractivity contribution is 5.59. The number of hydrogen-bond donors (Lipinski definition) is 1. The van der Waals surface area contributed by atoms with Crippen molar-refractivity contribution in [3.63, 3.8) is 0 Å². The van der Waals surface area contributed by atoms with Gasteiger partial charge >= 0.3 is 0 Å². The van der Waals surface area contributed by atoms with Crippen molar-refractivity contribution in [1.82, 2.24) is 20.2 Å². The molecule has 0 radical (unpaired) electrons. The van der Waals surface area contributed by atoms with Gasteiger partial charge in [-0.1, -0.05) is 0 Å². The summed E-state index contributed by atoms with van der Waals surface area (Å²) in [6, 6.07) is 4.65. The molecular formula is C12H14FN5. The van der Waals surface area contributed by atoms with Crippen LogP contribution in [0.1, 0.15) is 26.2 Å². The SMILES string of the molecule is CC1(n2nnnc2-c2ccc(N)c(F)c2)CCC1. The molecule has 0 unspecified atom stereocenters. The second kappa shape index (κ2) is 3.76. The summed E-state index contributed by atoms with van der Waals surface area (Å²) < 4.78 is 15.3. The van der Waals surface area contributed by atoms with Crippen molar-refractivity contribution >= 4 is 5.69 Å². The molecule has 1 aliphatic carbocycles. The highest BCUT2D eigenvalue weighted by Gasteiger charge is 2.37. The molecule has 0 atom stereocenters. The normalized spacial score (nSPS) is 17.4. The Hall–Kier alpha value is -1.98. The van der Waals surface area contributed by atoms with E-state index in [0.717, 1.165) is 12.8 Å². The maximum absolute atomic E-state index is 13.5. The topological polar surface area (TPSA) is 69.6 Å². The number of anilines is 1. The van der Waals surface area contributed by atoms with E-state index in [4.69, 9.17) is 5.73 Å². The number of halogens is 1. The molecule has 18 heavy (non-hydrogen) atoms. The highest BCUT2D eigenvalue weighted by atomic mass is 19.1. The van der Waals surface area contributed by atoms with Gasteiger partial charge in [0.2, 0.25) is 0 Å². The lowest BCUT2D eigenvalue weighted by Crippen LogP contribution is -2.38. The summed E-state index contributed by atoms with van der Waals surface area (Å²) in [6.45, 7) is 2.12. The van der Waals surface area contributed by atoms with Crippen molar-refractivity contribution in [3.05, 3.63) is 24.0 Å². The van der Waals surface area contributed by atoms with Gasteiger partial charge in [-0.15, -0.1) is 5.10 Å². The van der Waals surface area contributed by atoms with E-state index in [-0.39, 0.29) is 11.2 Å². The van der Waals surface area contributed by atoms with E-state index < -0.39 is 5.82 Å². The second-order valence-electron chi connectivity index (χ2n) is 5.00. The minimum atomic E-state index is -0.444. The number of hydrogen-bond acceptors (Lipinski definition) is 4. The molecule has 1 heterocycles. The average molecular weight is 247 g/mol. The fraction of sp³-hybridized carbons (Fsp3) is 0.417. The summed E-state index contributed by atoms with van der Waals surface area (Å²) in [4.78, 5) is 0. The van der Waals surface area contributed by atoms with Gasteiger partial charge in [0, 0.05) is 5.56 Å². The summed E-state index contributed by atoms with van der Waals surface area (Å²) in [5.41, 5.74) is 6.21. The molecule has 5 nitrogen and oxygen atoms in total. The van der Waals surface area contributed by atoms with E-state index in [1.165, 1.54) is 18.6 Å². The van der Waals surface area contributed by atoms with Gasteiger partial charge in [-0.25, -0.2) is 9.07 Å². The van der Waals surface area contributed by atoms with E-state index in [9.17, 15) is 4.39 Å². The fourth-order valence-electron chi connectivity index (χ4n) is 2.30. The summed E-state index contributed by atoms with van der Waals surface area (Å²) in [6.07, 6.45) is 3.26. The molecule has 0 amide bonds. The molecule has 1 aromatic carbocycles. The van der Waals surface area contributed by atoms with E-state index >= 15 is 0 Å². The molecule has 1 saturated carbocycles. The number of aromatic nitrogens is 4.